The van der Waals surface area contributed by atoms with Gasteiger partial charge in [0, 0.05) is 0 Å². The van der Waals surface area contributed by atoms with Gasteiger partial charge in [-0.3, -0.25) is 9.59 Å². The smallest absolute Gasteiger partial charge is 0.338 e. The minimum absolute atomic E-state index is 0.108. The maximum Gasteiger partial charge on any atom is 0.338 e. The van der Waals surface area contributed by atoms with Crippen molar-refractivity contribution in [2.24, 2.45) is 0 Å². The SMILES string of the molecule is CCCOC(=O)c1ccc(N2C(=O)C(Cl)=C(c3ccc(C)cc3C)C2=O)cc1. The average Bonchev–Trinajstić information content (AvgIpc) is 2.89. The summed E-state index contributed by atoms with van der Waals surface area (Å²) in [5.41, 5.74) is 3.44. The molecule has 28 heavy (non-hydrogen) atoms. The lowest BCUT2D eigenvalue weighted by atomic mass is 9.99. The maximum atomic E-state index is 13.0. The molecule has 0 N–H and O–H groups in total. The zero-order chi connectivity index (χ0) is 20.4. The molecule has 0 atom stereocenters. The molecule has 2 amide bonds. The van der Waals surface area contributed by atoms with Gasteiger partial charge in [0.2, 0.25) is 0 Å². The second kappa shape index (κ2) is 7.98. The number of esters is 1. The van der Waals surface area contributed by atoms with E-state index in [0.29, 0.717) is 23.4 Å². The van der Waals surface area contributed by atoms with Crippen molar-refractivity contribution in [2.75, 3.05) is 11.5 Å². The van der Waals surface area contributed by atoms with Crippen molar-refractivity contribution in [3.63, 3.8) is 0 Å². The molecule has 0 bridgehead atoms. The fourth-order valence-electron chi connectivity index (χ4n) is 3.09. The quantitative estimate of drug-likeness (QED) is 0.554. The molecular formula is C22H20ClNO4. The molecule has 144 valence electrons. The number of ether oxygens (including phenoxy) is 1. The van der Waals surface area contributed by atoms with Crippen LogP contribution in [0.25, 0.3) is 5.57 Å². The fraction of sp³-hybridized carbons (Fsp3) is 0.227. The van der Waals surface area contributed by atoms with Crippen LogP contribution in [-0.4, -0.2) is 24.4 Å². The Balaban J connectivity index is 1.90. The molecule has 0 saturated heterocycles. The van der Waals surface area contributed by atoms with E-state index in [1.807, 2.05) is 32.9 Å². The third-order valence-electron chi connectivity index (χ3n) is 4.48. The van der Waals surface area contributed by atoms with E-state index in [1.54, 1.807) is 6.07 Å². The van der Waals surface area contributed by atoms with Crippen LogP contribution >= 0.6 is 11.6 Å². The van der Waals surface area contributed by atoms with Gasteiger partial charge < -0.3 is 4.74 Å². The molecule has 1 heterocycles. The lowest BCUT2D eigenvalue weighted by Gasteiger charge is -2.16. The number of halogens is 1. The van der Waals surface area contributed by atoms with Crippen LogP contribution in [0, 0.1) is 13.8 Å². The van der Waals surface area contributed by atoms with E-state index in [-0.39, 0.29) is 10.6 Å². The highest BCUT2D eigenvalue weighted by Gasteiger charge is 2.39. The summed E-state index contributed by atoms with van der Waals surface area (Å²) in [6.45, 7) is 6.07. The van der Waals surface area contributed by atoms with Crippen LogP contribution < -0.4 is 4.90 Å². The Bertz CT molecular complexity index is 992. The molecule has 2 aromatic rings. The van der Waals surface area contributed by atoms with Crippen molar-refractivity contribution in [1.29, 1.82) is 0 Å². The molecule has 0 fully saturated rings. The predicted octanol–water partition coefficient (Wildman–Crippen LogP) is 4.39. The van der Waals surface area contributed by atoms with E-state index in [2.05, 4.69) is 0 Å². The zero-order valence-corrected chi connectivity index (χ0v) is 16.7. The molecular weight excluding hydrogens is 378 g/mol. The molecule has 0 aliphatic carbocycles. The van der Waals surface area contributed by atoms with Gasteiger partial charge in [0.25, 0.3) is 11.8 Å². The summed E-state index contributed by atoms with van der Waals surface area (Å²) in [6.07, 6.45) is 0.728. The van der Waals surface area contributed by atoms with E-state index in [0.717, 1.165) is 22.4 Å². The second-order valence-corrected chi connectivity index (χ2v) is 7.01. The minimum Gasteiger partial charge on any atom is -0.462 e. The molecule has 0 aromatic heterocycles. The van der Waals surface area contributed by atoms with Gasteiger partial charge >= 0.3 is 5.97 Å². The Labute approximate surface area is 168 Å². The molecule has 0 radical (unpaired) electrons. The number of nitrogens with zero attached hydrogens (tertiary/aromatic N) is 1. The van der Waals surface area contributed by atoms with E-state index in [1.165, 1.54) is 24.3 Å². The van der Waals surface area contributed by atoms with Gasteiger partial charge in [0.15, 0.2) is 0 Å². The average molecular weight is 398 g/mol. The van der Waals surface area contributed by atoms with Gasteiger partial charge in [0.1, 0.15) is 5.03 Å². The molecule has 6 heteroatoms. The first-order valence-corrected chi connectivity index (χ1v) is 9.36. The number of hydrogen-bond donors (Lipinski definition) is 0. The largest absolute Gasteiger partial charge is 0.462 e. The number of aryl methyl sites for hydroxylation is 2. The molecule has 1 aliphatic rings. The number of carbonyl (C=O) groups is 3. The van der Waals surface area contributed by atoms with Gasteiger partial charge in [-0.1, -0.05) is 42.3 Å². The van der Waals surface area contributed by atoms with E-state index in [4.69, 9.17) is 16.3 Å². The Morgan fingerprint density at radius 3 is 2.32 bits per heavy atom. The van der Waals surface area contributed by atoms with Crippen LogP contribution in [0.4, 0.5) is 5.69 Å². The number of rotatable bonds is 5. The third kappa shape index (κ3) is 3.58. The number of amides is 2. The van der Waals surface area contributed by atoms with Crippen molar-refractivity contribution < 1.29 is 19.1 Å². The van der Waals surface area contributed by atoms with Crippen molar-refractivity contribution in [1.82, 2.24) is 0 Å². The first-order valence-electron chi connectivity index (χ1n) is 8.98. The van der Waals surface area contributed by atoms with Crippen LogP contribution in [0.3, 0.4) is 0 Å². The van der Waals surface area contributed by atoms with Crippen molar-refractivity contribution in [3.05, 3.63) is 69.8 Å². The molecule has 1 aliphatic heterocycles. The highest BCUT2D eigenvalue weighted by molar-refractivity contribution is 6.60. The summed E-state index contributed by atoms with van der Waals surface area (Å²) in [4.78, 5) is 38.6. The number of carbonyl (C=O) groups excluding carboxylic acids is 3. The fourth-order valence-corrected chi connectivity index (χ4v) is 3.36. The number of anilines is 1. The summed E-state index contributed by atoms with van der Waals surface area (Å²) in [5.74, 6) is -1.51. The Hall–Kier alpha value is -2.92. The second-order valence-electron chi connectivity index (χ2n) is 6.64. The van der Waals surface area contributed by atoms with Gasteiger partial charge in [-0.15, -0.1) is 0 Å². The highest BCUT2D eigenvalue weighted by atomic mass is 35.5. The molecule has 2 aromatic carbocycles. The van der Waals surface area contributed by atoms with Crippen molar-refractivity contribution in [3.8, 4) is 0 Å². The summed E-state index contributed by atoms with van der Waals surface area (Å²) in [5, 5.41) is -0.108. The standard InChI is InChI=1S/C22H20ClNO4/c1-4-11-28-22(27)15-6-8-16(9-7-15)24-20(25)18(19(23)21(24)26)17-10-5-13(2)12-14(17)3/h5-10,12H,4,11H2,1-3H3. The Morgan fingerprint density at radius 1 is 1.04 bits per heavy atom. The lowest BCUT2D eigenvalue weighted by Crippen LogP contribution is -2.31. The number of hydrogen-bond acceptors (Lipinski definition) is 4. The maximum absolute atomic E-state index is 13.0. The summed E-state index contributed by atoms with van der Waals surface area (Å²) in [7, 11) is 0. The van der Waals surface area contributed by atoms with Crippen LogP contribution in [0.15, 0.2) is 47.5 Å². The molecule has 0 saturated carbocycles. The van der Waals surface area contributed by atoms with Crippen LogP contribution in [0.5, 0.6) is 0 Å². The molecule has 0 unspecified atom stereocenters. The molecule has 0 spiro atoms. The zero-order valence-electron chi connectivity index (χ0n) is 15.9. The van der Waals surface area contributed by atoms with Crippen molar-refractivity contribution >= 4 is 40.6 Å². The Kier molecular flexibility index (Phi) is 5.66. The van der Waals surface area contributed by atoms with Crippen LogP contribution in [0.1, 0.15) is 40.4 Å². The summed E-state index contributed by atoms with van der Waals surface area (Å²) in [6, 6.07) is 11.7. The van der Waals surface area contributed by atoms with E-state index < -0.39 is 17.8 Å². The van der Waals surface area contributed by atoms with Crippen LogP contribution in [-0.2, 0) is 14.3 Å². The van der Waals surface area contributed by atoms with Crippen LogP contribution in [0.2, 0.25) is 0 Å². The van der Waals surface area contributed by atoms with Gasteiger partial charge in [-0.05, 0) is 55.7 Å². The summed E-state index contributed by atoms with van der Waals surface area (Å²) >= 11 is 6.25. The first-order chi connectivity index (χ1) is 13.3. The molecule has 3 rings (SSSR count). The minimum atomic E-state index is -0.581. The van der Waals surface area contributed by atoms with Gasteiger partial charge in [-0.25, -0.2) is 9.69 Å². The highest BCUT2D eigenvalue weighted by Crippen LogP contribution is 2.36. The molecule has 5 nitrogen and oxygen atoms in total. The van der Waals surface area contributed by atoms with E-state index in [9.17, 15) is 14.4 Å². The first kappa shape index (κ1) is 19.8. The van der Waals surface area contributed by atoms with Crippen molar-refractivity contribution in [2.45, 2.75) is 27.2 Å². The van der Waals surface area contributed by atoms with Gasteiger partial charge in [-0.2, -0.15) is 0 Å². The topological polar surface area (TPSA) is 63.7 Å². The third-order valence-corrected chi connectivity index (χ3v) is 4.83. The number of imide groups is 1. The normalized spacial score (nSPS) is 14.1. The monoisotopic (exact) mass is 397 g/mol. The predicted molar refractivity (Wildman–Crippen MR) is 108 cm³/mol. The lowest BCUT2D eigenvalue weighted by molar-refractivity contribution is -0.119. The number of benzene rings is 2. The Morgan fingerprint density at radius 2 is 1.71 bits per heavy atom. The van der Waals surface area contributed by atoms with Gasteiger partial charge in [0.05, 0.1) is 23.4 Å². The van der Waals surface area contributed by atoms with E-state index >= 15 is 0 Å². The summed E-state index contributed by atoms with van der Waals surface area (Å²) < 4.78 is 5.08.